The molecule has 50 valence electrons. The first kappa shape index (κ1) is 7.88. The largest absolute Gasteiger partial charge is 0.376 e. The van der Waals surface area contributed by atoms with E-state index in [4.69, 9.17) is 10.8 Å². The quantitative estimate of drug-likeness (QED) is 0.428. The molecule has 8 heavy (non-hydrogen) atoms. The van der Waals surface area contributed by atoms with Crippen LogP contribution in [0.5, 0.6) is 0 Å². The predicted octanol–water partition coefficient (Wildman–Crippen LogP) is -0.737. The molecule has 0 bridgehead atoms. The molecule has 0 aromatic heterocycles. The predicted molar refractivity (Wildman–Crippen MR) is 33.4 cm³/mol. The van der Waals surface area contributed by atoms with Gasteiger partial charge in [-0.2, -0.15) is 0 Å². The van der Waals surface area contributed by atoms with Crippen LogP contribution in [0.15, 0.2) is 0 Å². The molecule has 0 amide bonds. The Morgan fingerprint density at radius 1 is 1.75 bits per heavy atom. The lowest BCUT2D eigenvalue weighted by Gasteiger charge is -2.15. The highest BCUT2D eigenvalue weighted by Crippen LogP contribution is 1.95. The van der Waals surface area contributed by atoms with Gasteiger partial charge in [0.1, 0.15) is 5.72 Å². The fourth-order valence-corrected chi connectivity index (χ4v) is 0.378. The molecule has 0 aromatic carbocycles. The zero-order valence-electron chi connectivity index (χ0n) is 5.44. The minimum atomic E-state index is -1.01. The van der Waals surface area contributed by atoms with E-state index in [1.54, 1.807) is 6.92 Å². The Morgan fingerprint density at radius 2 is 2.25 bits per heavy atom. The minimum absolute atomic E-state index is 0.587. The van der Waals surface area contributed by atoms with E-state index in [9.17, 15) is 0 Å². The smallest absolute Gasteiger partial charge is 0.111 e. The van der Waals surface area contributed by atoms with Crippen molar-refractivity contribution in [3.8, 4) is 0 Å². The molecule has 0 aliphatic rings. The van der Waals surface area contributed by atoms with E-state index >= 15 is 0 Å². The molecule has 0 aliphatic carbocycles. The third-order valence-electron chi connectivity index (χ3n) is 0.881. The first-order chi connectivity index (χ1) is 3.56. The number of hydrogen-bond acceptors (Lipinski definition) is 3. The molecule has 0 saturated heterocycles. The molecule has 3 heteroatoms. The highest BCUT2D eigenvalue weighted by molar-refractivity contribution is 4.62. The Kier molecular flexibility index (Phi) is 2.97. The van der Waals surface area contributed by atoms with E-state index in [-0.39, 0.29) is 0 Å². The van der Waals surface area contributed by atoms with Crippen molar-refractivity contribution in [2.24, 2.45) is 5.73 Å². The van der Waals surface area contributed by atoms with Crippen LogP contribution in [0.3, 0.4) is 0 Å². The summed E-state index contributed by atoms with van der Waals surface area (Å²) in [7, 11) is 1.83. The first-order valence-corrected chi connectivity index (χ1v) is 2.72. The molecule has 0 aromatic rings. The third kappa shape index (κ3) is 5.88. The molecule has 0 fully saturated rings. The fourth-order valence-electron chi connectivity index (χ4n) is 0.378. The zero-order valence-corrected chi connectivity index (χ0v) is 5.44. The molecule has 0 saturated carbocycles. The molecular weight excluding hydrogens is 104 g/mol. The Labute approximate surface area is 49.9 Å². The van der Waals surface area contributed by atoms with E-state index < -0.39 is 5.72 Å². The van der Waals surface area contributed by atoms with E-state index in [1.807, 2.05) is 7.05 Å². The van der Waals surface area contributed by atoms with Crippen LogP contribution in [0, 0.1) is 0 Å². The standard InChI is InChI=1S/C5H14N2O/c1-5(6,8)3-4-7-2/h7-8H,3-4,6H2,1-2H3. The van der Waals surface area contributed by atoms with Crippen LogP contribution in [0.2, 0.25) is 0 Å². The second-order valence-corrected chi connectivity index (χ2v) is 2.21. The monoisotopic (exact) mass is 118 g/mol. The van der Waals surface area contributed by atoms with Crippen molar-refractivity contribution < 1.29 is 5.11 Å². The van der Waals surface area contributed by atoms with Crippen molar-refractivity contribution in [3.05, 3.63) is 0 Å². The third-order valence-corrected chi connectivity index (χ3v) is 0.881. The van der Waals surface area contributed by atoms with Crippen LogP contribution < -0.4 is 11.1 Å². The van der Waals surface area contributed by atoms with Crippen LogP contribution >= 0.6 is 0 Å². The van der Waals surface area contributed by atoms with Crippen molar-refractivity contribution in [2.75, 3.05) is 13.6 Å². The number of nitrogens with two attached hydrogens (primary N) is 1. The summed E-state index contributed by atoms with van der Waals surface area (Å²) < 4.78 is 0. The van der Waals surface area contributed by atoms with Gasteiger partial charge in [-0.15, -0.1) is 0 Å². The van der Waals surface area contributed by atoms with Gasteiger partial charge in [-0.3, -0.25) is 0 Å². The van der Waals surface area contributed by atoms with E-state index in [0.29, 0.717) is 6.42 Å². The SMILES string of the molecule is CNCCC(C)(N)O. The molecule has 0 spiro atoms. The molecule has 1 unspecified atom stereocenters. The molecule has 3 nitrogen and oxygen atoms in total. The summed E-state index contributed by atoms with van der Waals surface area (Å²) in [4.78, 5) is 0. The van der Waals surface area contributed by atoms with Gasteiger partial charge in [-0.1, -0.05) is 0 Å². The number of nitrogens with one attached hydrogen (secondary N) is 1. The summed E-state index contributed by atoms with van der Waals surface area (Å²) in [5.41, 5.74) is 4.23. The fraction of sp³-hybridized carbons (Fsp3) is 1.00. The second-order valence-electron chi connectivity index (χ2n) is 2.21. The Hall–Kier alpha value is -0.120. The van der Waals surface area contributed by atoms with Crippen molar-refractivity contribution in [1.82, 2.24) is 5.32 Å². The number of hydrogen-bond donors (Lipinski definition) is 3. The van der Waals surface area contributed by atoms with E-state index in [2.05, 4.69) is 5.32 Å². The maximum absolute atomic E-state index is 8.89. The summed E-state index contributed by atoms with van der Waals surface area (Å²) in [6.07, 6.45) is 0.587. The normalized spacial score (nSPS) is 18.0. The van der Waals surface area contributed by atoms with Gasteiger partial charge >= 0.3 is 0 Å². The van der Waals surface area contributed by atoms with Crippen molar-refractivity contribution in [2.45, 2.75) is 19.1 Å². The first-order valence-electron chi connectivity index (χ1n) is 2.72. The zero-order chi connectivity index (χ0) is 6.62. The maximum atomic E-state index is 8.89. The number of aliphatic hydroxyl groups is 1. The molecule has 4 N–H and O–H groups in total. The van der Waals surface area contributed by atoms with Gasteiger partial charge in [0, 0.05) is 6.42 Å². The Bertz CT molecular complexity index is 57.9. The minimum Gasteiger partial charge on any atom is -0.376 e. The second kappa shape index (κ2) is 3.02. The molecule has 0 radical (unpaired) electrons. The molecule has 0 heterocycles. The summed E-state index contributed by atoms with van der Waals surface area (Å²) in [5.74, 6) is 0. The van der Waals surface area contributed by atoms with E-state index in [0.717, 1.165) is 6.54 Å². The number of rotatable bonds is 3. The van der Waals surface area contributed by atoms with Crippen LogP contribution in [0.4, 0.5) is 0 Å². The Morgan fingerprint density at radius 3 is 2.38 bits per heavy atom. The lowest BCUT2D eigenvalue weighted by molar-refractivity contribution is 0.0587. The molecular formula is C5H14N2O. The molecule has 0 aliphatic heterocycles. The lowest BCUT2D eigenvalue weighted by atomic mass is 10.2. The van der Waals surface area contributed by atoms with Gasteiger partial charge in [0.15, 0.2) is 0 Å². The van der Waals surface area contributed by atoms with Crippen molar-refractivity contribution in [3.63, 3.8) is 0 Å². The molecule has 0 rings (SSSR count). The Balaban J connectivity index is 3.11. The van der Waals surface area contributed by atoms with Crippen molar-refractivity contribution >= 4 is 0 Å². The average molecular weight is 118 g/mol. The van der Waals surface area contributed by atoms with Gasteiger partial charge < -0.3 is 16.2 Å². The van der Waals surface area contributed by atoms with Crippen LogP contribution in [0.25, 0.3) is 0 Å². The summed E-state index contributed by atoms with van der Waals surface area (Å²) in [5, 5.41) is 11.8. The highest BCUT2D eigenvalue weighted by atomic mass is 16.3. The summed E-state index contributed by atoms with van der Waals surface area (Å²) >= 11 is 0. The summed E-state index contributed by atoms with van der Waals surface area (Å²) in [6, 6.07) is 0. The average Bonchev–Trinajstić information content (AvgIpc) is 1.59. The van der Waals surface area contributed by atoms with E-state index in [1.165, 1.54) is 0 Å². The van der Waals surface area contributed by atoms with Gasteiger partial charge in [-0.05, 0) is 20.5 Å². The van der Waals surface area contributed by atoms with Crippen molar-refractivity contribution in [1.29, 1.82) is 0 Å². The van der Waals surface area contributed by atoms with Gasteiger partial charge in [0.25, 0.3) is 0 Å². The summed E-state index contributed by atoms with van der Waals surface area (Å²) in [6.45, 7) is 2.34. The van der Waals surface area contributed by atoms with Crippen LogP contribution in [0.1, 0.15) is 13.3 Å². The van der Waals surface area contributed by atoms with Gasteiger partial charge in [0.2, 0.25) is 0 Å². The lowest BCUT2D eigenvalue weighted by Crippen LogP contribution is -2.38. The van der Waals surface area contributed by atoms with Gasteiger partial charge in [0.05, 0.1) is 0 Å². The highest BCUT2D eigenvalue weighted by Gasteiger charge is 2.10. The van der Waals surface area contributed by atoms with Crippen LogP contribution in [-0.2, 0) is 0 Å². The van der Waals surface area contributed by atoms with Gasteiger partial charge in [-0.25, -0.2) is 0 Å². The maximum Gasteiger partial charge on any atom is 0.111 e. The van der Waals surface area contributed by atoms with Crippen LogP contribution in [-0.4, -0.2) is 24.4 Å². The topological polar surface area (TPSA) is 58.3 Å². The molecule has 1 atom stereocenters.